The monoisotopic (exact) mass is 211 g/mol. The van der Waals surface area contributed by atoms with Crippen LogP contribution >= 0.6 is 0 Å². The van der Waals surface area contributed by atoms with E-state index in [1.807, 2.05) is 0 Å². The summed E-state index contributed by atoms with van der Waals surface area (Å²) in [4.78, 5) is 4.70. The van der Waals surface area contributed by atoms with E-state index < -0.39 is 0 Å². The lowest BCUT2D eigenvalue weighted by Crippen LogP contribution is -2.19. The number of halogens is 1. The predicted octanol–water partition coefficient (Wildman–Crippen LogP) is 1.76. The molecule has 1 aliphatic carbocycles. The van der Waals surface area contributed by atoms with Crippen molar-refractivity contribution in [3.8, 4) is 5.75 Å². The molecule has 2 rings (SSSR count). The summed E-state index contributed by atoms with van der Waals surface area (Å²) in [5, 5.41) is 0. The Kier molecular flexibility index (Phi) is 2.63. The third-order valence-electron chi connectivity index (χ3n) is 2.95. The van der Waals surface area contributed by atoms with Crippen molar-refractivity contribution >= 4 is 0 Å². The van der Waals surface area contributed by atoms with Crippen LogP contribution < -0.4 is 10.6 Å². The van der Waals surface area contributed by atoms with Crippen molar-refractivity contribution < 1.29 is 14.0 Å². The van der Waals surface area contributed by atoms with E-state index in [9.17, 15) is 4.39 Å². The van der Waals surface area contributed by atoms with Gasteiger partial charge in [0.05, 0.1) is 13.7 Å². The maximum atomic E-state index is 13.0. The smallest absolute Gasteiger partial charge is 0.126 e. The summed E-state index contributed by atoms with van der Waals surface area (Å²) in [6.45, 7) is 0.453. The van der Waals surface area contributed by atoms with Crippen molar-refractivity contribution in [3.05, 3.63) is 29.6 Å². The van der Waals surface area contributed by atoms with Gasteiger partial charge in [-0.25, -0.2) is 10.3 Å². The number of methoxy groups -OCH3 is 1. The Morgan fingerprint density at radius 1 is 1.47 bits per heavy atom. The Bertz CT molecular complexity index is 364. The van der Waals surface area contributed by atoms with Crippen molar-refractivity contribution in [1.82, 2.24) is 0 Å². The molecule has 0 aromatic heterocycles. The van der Waals surface area contributed by atoms with Crippen LogP contribution in [0.15, 0.2) is 18.2 Å². The maximum absolute atomic E-state index is 13.0. The number of rotatable bonds is 4. The average molecular weight is 211 g/mol. The first-order valence-electron chi connectivity index (χ1n) is 4.87. The Morgan fingerprint density at radius 3 is 2.73 bits per heavy atom. The summed E-state index contributed by atoms with van der Waals surface area (Å²) in [5.74, 6) is 5.38. The molecular weight excluding hydrogens is 197 g/mol. The van der Waals surface area contributed by atoms with Gasteiger partial charge in [0, 0.05) is 17.0 Å². The molecule has 1 aromatic carbocycles. The molecular formula is C11H14FNO2. The third-order valence-corrected chi connectivity index (χ3v) is 2.95. The summed E-state index contributed by atoms with van der Waals surface area (Å²) in [5.41, 5.74) is 0.921. The predicted molar refractivity (Wildman–Crippen MR) is 54.0 cm³/mol. The summed E-state index contributed by atoms with van der Waals surface area (Å²) in [6.07, 6.45) is 2.01. The normalized spacial score (nSPS) is 17.5. The van der Waals surface area contributed by atoms with Gasteiger partial charge < -0.3 is 9.57 Å². The van der Waals surface area contributed by atoms with Gasteiger partial charge in [-0.3, -0.25) is 0 Å². The van der Waals surface area contributed by atoms with Gasteiger partial charge >= 0.3 is 0 Å². The molecule has 0 unspecified atom stereocenters. The molecule has 0 radical (unpaired) electrons. The zero-order valence-electron chi connectivity index (χ0n) is 8.63. The quantitative estimate of drug-likeness (QED) is 0.772. The van der Waals surface area contributed by atoms with Gasteiger partial charge in [-0.1, -0.05) is 6.07 Å². The van der Waals surface area contributed by atoms with E-state index in [2.05, 4.69) is 0 Å². The van der Waals surface area contributed by atoms with E-state index in [1.54, 1.807) is 6.07 Å². The van der Waals surface area contributed by atoms with E-state index in [0.717, 1.165) is 18.4 Å². The topological polar surface area (TPSA) is 44.5 Å². The number of ether oxygens (including phenoxy) is 1. The molecule has 1 saturated carbocycles. The van der Waals surface area contributed by atoms with Crippen molar-refractivity contribution in [2.75, 3.05) is 13.7 Å². The first kappa shape index (κ1) is 10.4. The molecule has 0 saturated heterocycles. The Morgan fingerprint density at radius 2 is 2.20 bits per heavy atom. The highest BCUT2D eigenvalue weighted by Crippen LogP contribution is 2.51. The molecule has 3 nitrogen and oxygen atoms in total. The minimum Gasteiger partial charge on any atom is -0.496 e. The van der Waals surface area contributed by atoms with Gasteiger partial charge in [0.2, 0.25) is 0 Å². The first-order chi connectivity index (χ1) is 7.22. The molecule has 2 N–H and O–H groups in total. The van der Waals surface area contributed by atoms with Gasteiger partial charge in [0.25, 0.3) is 0 Å². The highest BCUT2D eigenvalue weighted by atomic mass is 19.1. The zero-order chi connectivity index (χ0) is 10.9. The summed E-state index contributed by atoms with van der Waals surface area (Å²) < 4.78 is 18.2. The molecule has 0 aliphatic heterocycles. The number of nitrogens with two attached hydrogens (primary N) is 1. The van der Waals surface area contributed by atoms with Crippen molar-refractivity contribution in [2.45, 2.75) is 18.3 Å². The summed E-state index contributed by atoms with van der Waals surface area (Å²) in [7, 11) is 1.54. The summed E-state index contributed by atoms with van der Waals surface area (Å²) in [6, 6.07) is 4.58. The molecule has 15 heavy (non-hydrogen) atoms. The van der Waals surface area contributed by atoms with Gasteiger partial charge in [0.1, 0.15) is 11.6 Å². The fraction of sp³-hybridized carbons (Fsp3) is 0.455. The van der Waals surface area contributed by atoms with Crippen LogP contribution in [-0.4, -0.2) is 13.7 Å². The van der Waals surface area contributed by atoms with Crippen LogP contribution in [0.3, 0.4) is 0 Å². The Hall–Kier alpha value is -1.13. The van der Waals surface area contributed by atoms with Crippen LogP contribution in [-0.2, 0) is 10.3 Å². The second kappa shape index (κ2) is 3.79. The third kappa shape index (κ3) is 1.82. The molecule has 0 heterocycles. The standard InChI is InChI=1S/C11H14FNO2/c1-14-10-6-8(12)2-3-9(10)11(4-5-11)7-15-13/h2-3,6H,4-5,7,13H2,1H3. The van der Waals surface area contributed by atoms with Crippen molar-refractivity contribution in [1.29, 1.82) is 0 Å². The molecule has 0 amide bonds. The molecule has 0 atom stereocenters. The van der Waals surface area contributed by atoms with E-state index in [0.29, 0.717) is 12.4 Å². The van der Waals surface area contributed by atoms with E-state index in [1.165, 1.54) is 19.2 Å². The number of benzene rings is 1. The minimum absolute atomic E-state index is 0.0617. The van der Waals surface area contributed by atoms with E-state index in [4.69, 9.17) is 15.5 Å². The lowest BCUT2D eigenvalue weighted by Gasteiger charge is -2.17. The molecule has 4 heteroatoms. The Balaban J connectivity index is 2.35. The highest BCUT2D eigenvalue weighted by Gasteiger charge is 2.46. The summed E-state index contributed by atoms with van der Waals surface area (Å²) >= 11 is 0. The van der Waals surface area contributed by atoms with Crippen molar-refractivity contribution in [2.24, 2.45) is 5.90 Å². The lowest BCUT2D eigenvalue weighted by molar-refractivity contribution is 0.115. The molecule has 0 bridgehead atoms. The molecule has 1 fully saturated rings. The van der Waals surface area contributed by atoms with Crippen LogP contribution in [0, 0.1) is 5.82 Å². The second-order valence-corrected chi connectivity index (χ2v) is 3.94. The fourth-order valence-electron chi connectivity index (χ4n) is 1.91. The van der Waals surface area contributed by atoms with Gasteiger partial charge in [-0.2, -0.15) is 0 Å². The van der Waals surface area contributed by atoms with Gasteiger partial charge in [0.15, 0.2) is 0 Å². The highest BCUT2D eigenvalue weighted by molar-refractivity contribution is 5.43. The van der Waals surface area contributed by atoms with E-state index >= 15 is 0 Å². The fourth-order valence-corrected chi connectivity index (χ4v) is 1.91. The first-order valence-corrected chi connectivity index (χ1v) is 4.87. The van der Waals surface area contributed by atoms with Crippen LogP contribution in [0.2, 0.25) is 0 Å². The minimum atomic E-state index is -0.292. The molecule has 1 aromatic rings. The van der Waals surface area contributed by atoms with Crippen molar-refractivity contribution in [3.63, 3.8) is 0 Å². The number of hydrogen-bond acceptors (Lipinski definition) is 3. The molecule has 82 valence electrons. The van der Waals surface area contributed by atoms with Crippen LogP contribution in [0.4, 0.5) is 4.39 Å². The molecule has 1 aliphatic rings. The van der Waals surface area contributed by atoms with Gasteiger partial charge in [-0.15, -0.1) is 0 Å². The second-order valence-electron chi connectivity index (χ2n) is 3.94. The van der Waals surface area contributed by atoms with Crippen LogP contribution in [0.5, 0.6) is 5.75 Å². The number of hydrogen-bond donors (Lipinski definition) is 1. The average Bonchev–Trinajstić information content (AvgIpc) is 2.99. The Labute approximate surface area is 87.9 Å². The largest absolute Gasteiger partial charge is 0.496 e. The zero-order valence-corrected chi connectivity index (χ0v) is 8.63. The van der Waals surface area contributed by atoms with Crippen LogP contribution in [0.1, 0.15) is 18.4 Å². The SMILES string of the molecule is COc1cc(F)ccc1C1(CON)CC1. The van der Waals surface area contributed by atoms with E-state index in [-0.39, 0.29) is 11.2 Å². The van der Waals surface area contributed by atoms with Gasteiger partial charge in [-0.05, 0) is 18.9 Å². The van der Waals surface area contributed by atoms with Crippen LogP contribution in [0.25, 0.3) is 0 Å². The maximum Gasteiger partial charge on any atom is 0.126 e. The molecule has 0 spiro atoms. The lowest BCUT2D eigenvalue weighted by atomic mass is 9.96.